The third-order valence-electron chi connectivity index (χ3n) is 4.41. The van der Waals surface area contributed by atoms with Crippen molar-refractivity contribution in [2.24, 2.45) is 5.92 Å². The lowest BCUT2D eigenvalue weighted by Crippen LogP contribution is -2.54. The van der Waals surface area contributed by atoms with Crippen LogP contribution in [0.5, 0.6) is 0 Å². The molecule has 1 aromatic carbocycles. The van der Waals surface area contributed by atoms with Crippen molar-refractivity contribution >= 4 is 11.7 Å². The molecule has 0 saturated carbocycles. The maximum atomic E-state index is 12.2. The summed E-state index contributed by atoms with van der Waals surface area (Å²) in [6.07, 6.45) is 4.69. The van der Waals surface area contributed by atoms with Gasteiger partial charge in [-0.3, -0.25) is 9.48 Å². The molecule has 132 valence electrons. The van der Waals surface area contributed by atoms with Crippen molar-refractivity contribution in [2.45, 2.75) is 6.54 Å². The molecule has 1 amide bonds. The van der Waals surface area contributed by atoms with Crippen molar-refractivity contribution in [3.63, 3.8) is 0 Å². The van der Waals surface area contributed by atoms with E-state index in [0.717, 1.165) is 17.1 Å². The molecule has 1 aliphatic heterocycles. The minimum atomic E-state index is -0.0131. The molecule has 0 atom stereocenters. The average molecular weight is 349 g/mol. The fourth-order valence-corrected chi connectivity index (χ4v) is 2.90. The molecule has 2 aromatic heterocycles. The zero-order valence-corrected chi connectivity index (χ0v) is 14.2. The minimum absolute atomic E-state index is 0.0131. The van der Waals surface area contributed by atoms with Crippen molar-refractivity contribution in [2.75, 3.05) is 24.5 Å². The van der Waals surface area contributed by atoms with E-state index >= 15 is 0 Å². The number of benzene rings is 1. The van der Waals surface area contributed by atoms with Gasteiger partial charge in [-0.1, -0.05) is 30.3 Å². The Kier molecular flexibility index (Phi) is 4.55. The van der Waals surface area contributed by atoms with E-state index in [-0.39, 0.29) is 11.8 Å². The largest absolute Gasteiger partial charge is 0.355 e. The van der Waals surface area contributed by atoms with Gasteiger partial charge in [-0.25, -0.2) is 15.0 Å². The number of amides is 1. The molecule has 8 nitrogen and oxygen atoms in total. The SMILES string of the molecule is O=C(NCCn1cncn1)C1CN(c2cc(-c3ccccc3)ncn2)C1. The molecule has 0 radical (unpaired) electrons. The van der Waals surface area contributed by atoms with Gasteiger partial charge in [0.15, 0.2) is 0 Å². The highest BCUT2D eigenvalue weighted by Crippen LogP contribution is 2.26. The molecular formula is C18H19N7O. The normalized spacial score (nSPS) is 14.1. The van der Waals surface area contributed by atoms with Gasteiger partial charge in [0.05, 0.1) is 18.2 Å². The second-order valence-corrected chi connectivity index (χ2v) is 6.18. The first-order valence-electron chi connectivity index (χ1n) is 8.52. The molecule has 26 heavy (non-hydrogen) atoms. The van der Waals surface area contributed by atoms with Crippen LogP contribution in [0.1, 0.15) is 0 Å². The number of hydrogen-bond acceptors (Lipinski definition) is 6. The zero-order valence-electron chi connectivity index (χ0n) is 14.2. The molecule has 1 fully saturated rings. The van der Waals surface area contributed by atoms with E-state index in [1.165, 1.54) is 6.33 Å². The lowest BCUT2D eigenvalue weighted by Gasteiger charge is -2.39. The van der Waals surface area contributed by atoms with Crippen LogP contribution in [0.2, 0.25) is 0 Å². The monoisotopic (exact) mass is 349 g/mol. The van der Waals surface area contributed by atoms with Crippen molar-refractivity contribution < 1.29 is 4.79 Å². The van der Waals surface area contributed by atoms with E-state index in [2.05, 4.69) is 30.3 Å². The third-order valence-corrected chi connectivity index (χ3v) is 4.41. The molecule has 1 aliphatic rings. The van der Waals surface area contributed by atoms with Gasteiger partial charge in [0.2, 0.25) is 5.91 Å². The van der Waals surface area contributed by atoms with Gasteiger partial charge in [-0.05, 0) is 0 Å². The fourth-order valence-electron chi connectivity index (χ4n) is 2.90. The molecule has 3 aromatic rings. The molecule has 1 N–H and O–H groups in total. The summed E-state index contributed by atoms with van der Waals surface area (Å²) in [6.45, 7) is 2.50. The topological polar surface area (TPSA) is 88.8 Å². The van der Waals surface area contributed by atoms with Crippen LogP contribution in [0, 0.1) is 5.92 Å². The molecule has 0 unspecified atom stereocenters. The lowest BCUT2D eigenvalue weighted by molar-refractivity contribution is -0.125. The molecule has 0 aliphatic carbocycles. The number of rotatable bonds is 6. The summed E-state index contributed by atoms with van der Waals surface area (Å²) in [5.74, 6) is 0.908. The summed E-state index contributed by atoms with van der Waals surface area (Å²) in [6, 6.07) is 12.0. The number of aromatic nitrogens is 5. The van der Waals surface area contributed by atoms with Crippen molar-refractivity contribution in [1.29, 1.82) is 0 Å². The van der Waals surface area contributed by atoms with Crippen LogP contribution in [-0.4, -0.2) is 50.3 Å². The predicted molar refractivity (Wildman–Crippen MR) is 96.2 cm³/mol. The first kappa shape index (κ1) is 16.2. The van der Waals surface area contributed by atoms with E-state index in [9.17, 15) is 4.79 Å². The average Bonchev–Trinajstić information content (AvgIpc) is 3.15. The minimum Gasteiger partial charge on any atom is -0.355 e. The predicted octanol–water partition coefficient (Wildman–Crippen LogP) is 0.988. The zero-order chi connectivity index (χ0) is 17.8. The molecule has 0 spiro atoms. The molecule has 8 heteroatoms. The van der Waals surface area contributed by atoms with Crippen LogP contribution in [0.15, 0.2) is 55.4 Å². The highest BCUT2D eigenvalue weighted by Gasteiger charge is 2.33. The molecule has 0 bridgehead atoms. The van der Waals surface area contributed by atoms with Gasteiger partial charge >= 0.3 is 0 Å². The van der Waals surface area contributed by atoms with Crippen LogP contribution in [0.25, 0.3) is 11.3 Å². The molecular weight excluding hydrogens is 330 g/mol. The number of nitrogens with one attached hydrogen (secondary N) is 1. The lowest BCUT2D eigenvalue weighted by atomic mass is 9.99. The molecule has 1 saturated heterocycles. The van der Waals surface area contributed by atoms with Crippen LogP contribution in [-0.2, 0) is 11.3 Å². The van der Waals surface area contributed by atoms with E-state index in [4.69, 9.17) is 0 Å². The second kappa shape index (κ2) is 7.30. The van der Waals surface area contributed by atoms with Gasteiger partial charge < -0.3 is 10.2 Å². The van der Waals surface area contributed by atoms with Crippen LogP contribution in [0.4, 0.5) is 5.82 Å². The standard InChI is InChI=1S/C18H19N7O/c26-18(20-6-7-25-13-19-11-23-25)15-9-24(10-15)17-8-16(21-12-22-17)14-4-2-1-3-5-14/h1-5,8,11-13,15H,6-7,9-10H2,(H,20,26). The summed E-state index contributed by atoms with van der Waals surface area (Å²) < 4.78 is 1.69. The number of anilines is 1. The van der Waals surface area contributed by atoms with Crippen molar-refractivity contribution in [1.82, 2.24) is 30.0 Å². The number of carbonyl (C=O) groups is 1. The third kappa shape index (κ3) is 3.53. The first-order valence-corrected chi connectivity index (χ1v) is 8.52. The van der Waals surface area contributed by atoms with Gasteiger partial charge in [0, 0.05) is 31.3 Å². The summed E-state index contributed by atoms with van der Waals surface area (Å²) >= 11 is 0. The van der Waals surface area contributed by atoms with Crippen LogP contribution >= 0.6 is 0 Å². The summed E-state index contributed by atoms with van der Waals surface area (Å²) in [4.78, 5) is 26.9. The number of carbonyl (C=O) groups excluding carboxylic acids is 1. The van der Waals surface area contributed by atoms with Crippen LogP contribution in [0.3, 0.4) is 0 Å². The number of hydrogen-bond donors (Lipinski definition) is 1. The Morgan fingerprint density at radius 2 is 2.00 bits per heavy atom. The second-order valence-electron chi connectivity index (χ2n) is 6.18. The van der Waals surface area contributed by atoms with Gasteiger partial charge in [-0.2, -0.15) is 5.10 Å². The van der Waals surface area contributed by atoms with E-state index in [0.29, 0.717) is 26.2 Å². The van der Waals surface area contributed by atoms with Gasteiger partial charge in [0.25, 0.3) is 0 Å². The van der Waals surface area contributed by atoms with Crippen molar-refractivity contribution in [3.8, 4) is 11.3 Å². The maximum absolute atomic E-state index is 12.2. The summed E-state index contributed by atoms with van der Waals surface area (Å²) in [7, 11) is 0. The Hall–Kier alpha value is -3.29. The smallest absolute Gasteiger partial charge is 0.226 e. The van der Waals surface area contributed by atoms with Gasteiger partial charge in [-0.15, -0.1) is 0 Å². The Morgan fingerprint density at radius 3 is 2.77 bits per heavy atom. The Labute approximate surface area is 150 Å². The van der Waals surface area contributed by atoms with E-state index in [1.807, 2.05) is 36.4 Å². The Balaban J connectivity index is 1.30. The quantitative estimate of drug-likeness (QED) is 0.714. The van der Waals surface area contributed by atoms with E-state index < -0.39 is 0 Å². The fraction of sp³-hybridized carbons (Fsp3) is 0.278. The Morgan fingerprint density at radius 1 is 1.15 bits per heavy atom. The Bertz CT molecular complexity index is 860. The highest BCUT2D eigenvalue weighted by molar-refractivity contribution is 5.81. The summed E-state index contributed by atoms with van der Waals surface area (Å²) in [5.41, 5.74) is 1.94. The molecule has 4 rings (SSSR count). The maximum Gasteiger partial charge on any atom is 0.226 e. The first-order chi connectivity index (χ1) is 12.8. The number of nitrogens with zero attached hydrogens (tertiary/aromatic N) is 6. The van der Waals surface area contributed by atoms with E-state index in [1.54, 1.807) is 17.3 Å². The van der Waals surface area contributed by atoms with Crippen molar-refractivity contribution in [3.05, 3.63) is 55.4 Å². The van der Waals surface area contributed by atoms with Crippen LogP contribution < -0.4 is 10.2 Å². The van der Waals surface area contributed by atoms with Gasteiger partial charge in [0.1, 0.15) is 24.8 Å². The molecule has 3 heterocycles. The highest BCUT2D eigenvalue weighted by atomic mass is 16.2. The summed E-state index contributed by atoms with van der Waals surface area (Å²) in [5, 5.41) is 6.95.